The Morgan fingerprint density at radius 3 is 2.72 bits per heavy atom. The summed E-state index contributed by atoms with van der Waals surface area (Å²) in [7, 11) is 0. The SMILES string of the molecule is C=CCn1c(-c2cccc([N+](=O)[O-])c2)csc1=Nc1ccc(C)cc1. The molecule has 3 rings (SSSR count). The van der Waals surface area contributed by atoms with Gasteiger partial charge in [0.15, 0.2) is 4.80 Å². The minimum absolute atomic E-state index is 0.0749. The molecule has 0 unspecified atom stereocenters. The zero-order valence-corrected chi connectivity index (χ0v) is 14.6. The monoisotopic (exact) mass is 351 g/mol. The van der Waals surface area contributed by atoms with Crippen molar-refractivity contribution in [1.82, 2.24) is 4.57 Å². The second kappa shape index (κ2) is 7.27. The maximum atomic E-state index is 11.0. The van der Waals surface area contributed by atoms with Crippen LogP contribution in [0.1, 0.15) is 5.56 Å². The molecule has 2 aromatic carbocycles. The first-order valence-electron chi connectivity index (χ1n) is 7.74. The number of non-ortho nitro benzene ring substituents is 1. The Bertz CT molecular complexity index is 984. The number of rotatable bonds is 5. The molecule has 0 atom stereocenters. The molecule has 1 aromatic heterocycles. The number of thiazole rings is 1. The molecular weight excluding hydrogens is 334 g/mol. The molecule has 0 bridgehead atoms. The first kappa shape index (κ1) is 16.9. The van der Waals surface area contributed by atoms with Gasteiger partial charge in [-0.2, -0.15) is 0 Å². The van der Waals surface area contributed by atoms with Crippen LogP contribution in [0.5, 0.6) is 0 Å². The van der Waals surface area contributed by atoms with E-state index in [0.29, 0.717) is 6.54 Å². The van der Waals surface area contributed by atoms with Gasteiger partial charge in [0, 0.05) is 29.6 Å². The van der Waals surface area contributed by atoms with E-state index < -0.39 is 0 Å². The van der Waals surface area contributed by atoms with Gasteiger partial charge in [-0.25, -0.2) is 4.99 Å². The predicted octanol–water partition coefficient (Wildman–Crippen LogP) is 4.85. The predicted molar refractivity (Wildman–Crippen MR) is 101 cm³/mol. The van der Waals surface area contributed by atoms with E-state index in [1.165, 1.54) is 23.0 Å². The normalized spacial score (nSPS) is 11.5. The molecular formula is C19H17N3O2S. The third-order valence-corrected chi connectivity index (χ3v) is 4.58. The summed E-state index contributed by atoms with van der Waals surface area (Å²) >= 11 is 1.50. The molecule has 0 aliphatic rings. The Morgan fingerprint density at radius 2 is 2.04 bits per heavy atom. The second-order valence-corrected chi connectivity index (χ2v) is 6.39. The highest BCUT2D eigenvalue weighted by molar-refractivity contribution is 7.07. The van der Waals surface area contributed by atoms with Gasteiger partial charge in [0.1, 0.15) is 0 Å². The molecule has 0 amide bonds. The van der Waals surface area contributed by atoms with Gasteiger partial charge in [-0.15, -0.1) is 17.9 Å². The van der Waals surface area contributed by atoms with E-state index in [4.69, 9.17) is 4.99 Å². The molecule has 5 nitrogen and oxygen atoms in total. The fourth-order valence-electron chi connectivity index (χ4n) is 2.46. The van der Waals surface area contributed by atoms with Crippen LogP contribution in [0.3, 0.4) is 0 Å². The average Bonchev–Trinajstić information content (AvgIpc) is 3.00. The molecule has 6 heteroatoms. The van der Waals surface area contributed by atoms with E-state index in [1.54, 1.807) is 18.2 Å². The van der Waals surface area contributed by atoms with Gasteiger partial charge in [-0.1, -0.05) is 35.9 Å². The van der Waals surface area contributed by atoms with E-state index in [1.807, 2.05) is 47.2 Å². The summed E-state index contributed by atoms with van der Waals surface area (Å²) in [4.78, 5) is 16.2. The first-order valence-corrected chi connectivity index (χ1v) is 8.62. The Hall–Kier alpha value is -2.99. The van der Waals surface area contributed by atoms with Crippen LogP contribution in [0.15, 0.2) is 71.6 Å². The summed E-state index contributed by atoms with van der Waals surface area (Å²) in [6, 6.07) is 14.6. The zero-order chi connectivity index (χ0) is 17.8. The molecule has 0 fully saturated rings. The Kier molecular flexibility index (Phi) is 4.90. The van der Waals surface area contributed by atoms with E-state index >= 15 is 0 Å². The summed E-state index contributed by atoms with van der Waals surface area (Å²) < 4.78 is 2.01. The van der Waals surface area contributed by atoms with Crippen LogP contribution in [0, 0.1) is 17.0 Å². The number of hydrogen-bond donors (Lipinski definition) is 0. The van der Waals surface area contributed by atoms with Crippen molar-refractivity contribution in [3.63, 3.8) is 0 Å². The lowest BCUT2D eigenvalue weighted by atomic mass is 10.1. The minimum Gasteiger partial charge on any atom is -0.313 e. The summed E-state index contributed by atoms with van der Waals surface area (Å²) in [5.74, 6) is 0. The Labute approximate surface area is 149 Å². The summed E-state index contributed by atoms with van der Waals surface area (Å²) in [5, 5.41) is 13.0. The fraction of sp³-hybridized carbons (Fsp3) is 0.105. The third kappa shape index (κ3) is 3.75. The third-order valence-electron chi connectivity index (χ3n) is 3.72. The van der Waals surface area contributed by atoms with Crippen LogP contribution in [0.4, 0.5) is 11.4 Å². The van der Waals surface area contributed by atoms with Crippen LogP contribution in [-0.4, -0.2) is 9.49 Å². The molecule has 1 heterocycles. The lowest BCUT2D eigenvalue weighted by Crippen LogP contribution is -2.14. The summed E-state index contributed by atoms with van der Waals surface area (Å²) in [6.45, 7) is 6.42. The van der Waals surface area contributed by atoms with Crippen molar-refractivity contribution in [2.75, 3.05) is 0 Å². The average molecular weight is 351 g/mol. The lowest BCUT2D eigenvalue weighted by molar-refractivity contribution is -0.384. The summed E-state index contributed by atoms with van der Waals surface area (Å²) in [6.07, 6.45) is 1.79. The highest BCUT2D eigenvalue weighted by Gasteiger charge is 2.11. The van der Waals surface area contributed by atoms with Gasteiger partial charge < -0.3 is 4.57 Å². The van der Waals surface area contributed by atoms with Gasteiger partial charge in [0.05, 0.1) is 16.3 Å². The maximum absolute atomic E-state index is 11.0. The second-order valence-electron chi connectivity index (χ2n) is 5.56. The van der Waals surface area contributed by atoms with Gasteiger partial charge in [-0.3, -0.25) is 10.1 Å². The fourth-order valence-corrected chi connectivity index (χ4v) is 3.40. The van der Waals surface area contributed by atoms with Gasteiger partial charge in [-0.05, 0) is 19.1 Å². The van der Waals surface area contributed by atoms with Gasteiger partial charge in [0.25, 0.3) is 5.69 Å². The van der Waals surface area contributed by atoms with Gasteiger partial charge >= 0.3 is 0 Å². The lowest BCUT2D eigenvalue weighted by Gasteiger charge is -2.06. The molecule has 0 aliphatic carbocycles. The molecule has 0 saturated carbocycles. The van der Waals surface area contributed by atoms with Crippen molar-refractivity contribution in [3.8, 4) is 11.3 Å². The zero-order valence-electron chi connectivity index (χ0n) is 13.8. The number of allylic oxidation sites excluding steroid dienone is 1. The van der Waals surface area contributed by atoms with Crippen LogP contribution >= 0.6 is 11.3 Å². The Balaban J connectivity index is 2.11. The first-order chi connectivity index (χ1) is 12.1. The smallest absolute Gasteiger partial charge is 0.270 e. The van der Waals surface area contributed by atoms with Crippen LogP contribution < -0.4 is 4.80 Å². The van der Waals surface area contributed by atoms with Crippen molar-refractivity contribution in [3.05, 3.63) is 87.0 Å². The number of nitrogens with zero attached hydrogens (tertiary/aromatic N) is 3. The van der Waals surface area contributed by atoms with E-state index in [9.17, 15) is 10.1 Å². The van der Waals surface area contributed by atoms with Crippen molar-refractivity contribution < 1.29 is 4.92 Å². The van der Waals surface area contributed by atoms with E-state index in [2.05, 4.69) is 6.58 Å². The van der Waals surface area contributed by atoms with Crippen LogP contribution in [0.25, 0.3) is 11.3 Å². The molecule has 0 N–H and O–H groups in total. The van der Waals surface area contributed by atoms with Crippen LogP contribution in [0.2, 0.25) is 0 Å². The van der Waals surface area contributed by atoms with Crippen molar-refractivity contribution in [2.24, 2.45) is 4.99 Å². The number of aromatic nitrogens is 1. The van der Waals surface area contributed by atoms with Crippen molar-refractivity contribution in [1.29, 1.82) is 0 Å². The quantitative estimate of drug-likeness (QED) is 0.375. The molecule has 0 aliphatic heterocycles. The molecule has 126 valence electrons. The molecule has 0 saturated heterocycles. The van der Waals surface area contributed by atoms with Crippen molar-refractivity contribution in [2.45, 2.75) is 13.5 Å². The topological polar surface area (TPSA) is 60.4 Å². The number of aryl methyl sites for hydroxylation is 1. The number of benzene rings is 2. The van der Waals surface area contributed by atoms with E-state index in [0.717, 1.165) is 21.7 Å². The maximum Gasteiger partial charge on any atom is 0.270 e. The standard InChI is InChI=1S/C19H17N3O2S/c1-3-11-21-18(15-5-4-6-17(12-15)22(23)24)13-25-19(21)20-16-9-7-14(2)8-10-16/h3-10,12-13H,1,11H2,2H3. The van der Waals surface area contributed by atoms with Crippen LogP contribution in [-0.2, 0) is 6.54 Å². The number of nitro groups is 1. The highest BCUT2D eigenvalue weighted by atomic mass is 32.1. The molecule has 0 radical (unpaired) electrons. The number of nitro benzene ring substituents is 1. The van der Waals surface area contributed by atoms with Gasteiger partial charge in [0.2, 0.25) is 0 Å². The molecule has 0 spiro atoms. The largest absolute Gasteiger partial charge is 0.313 e. The van der Waals surface area contributed by atoms with E-state index in [-0.39, 0.29) is 10.6 Å². The minimum atomic E-state index is -0.384. The number of hydrogen-bond acceptors (Lipinski definition) is 4. The highest BCUT2D eigenvalue weighted by Crippen LogP contribution is 2.25. The molecule has 25 heavy (non-hydrogen) atoms. The summed E-state index contributed by atoms with van der Waals surface area (Å²) in [5.41, 5.74) is 3.81. The molecule has 3 aromatic rings. The Morgan fingerprint density at radius 1 is 1.28 bits per heavy atom. The van der Waals surface area contributed by atoms with Crippen molar-refractivity contribution >= 4 is 22.7 Å².